The molecule has 0 radical (unpaired) electrons. The number of carbonyl (C=O) groups excluding carboxylic acids is 1. The van der Waals surface area contributed by atoms with E-state index in [1.807, 2.05) is 26.0 Å². The van der Waals surface area contributed by atoms with Crippen molar-refractivity contribution in [3.8, 4) is 5.75 Å². The molecule has 2 aromatic carbocycles. The van der Waals surface area contributed by atoms with Crippen molar-refractivity contribution in [1.82, 2.24) is 4.31 Å². The van der Waals surface area contributed by atoms with E-state index >= 15 is 0 Å². The first-order valence-corrected chi connectivity index (χ1v) is 12.5. The number of hydrogen-bond acceptors (Lipinski definition) is 5. The molecule has 0 saturated carbocycles. The van der Waals surface area contributed by atoms with E-state index in [9.17, 15) is 13.2 Å². The van der Waals surface area contributed by atoms with Crippen LogP contribution in [0.4, 0.5) is 5.69 Å². The monoisotopic (exact) mass is 480 g/mol. The van der Waals surface area contributed by atoms with Gasteiger partial charge < -0.3 is 14.8 Å². The molecule has 3 rings (SSSR count). The molecular weight excluding hydrogens is 452 g/mol. The van der Waals surface area contributed by atoms with Crippen molar-refractivity contribution in [1.29, 1.82) is 0 Å². The molecule has 7 nitrogen and oxygen atoms in total. The van der Waals surface area contributed by atoms with Gasteiger partial charge in [-0.05, 0) is 47.7 Å². The van der Waals surface area contributed by atoms with Crippen molar-refractivity contribution >= 4 is 33.2 Å². The maximum Gasteiger partial charge on any atom is 0.246 e. The van der Waals surface area contributed by atoms with E-state index in [0.29, 0.717) is 30.2 Å². The van der Waals surface area contributed by atoms with Gasteiger partial charge in [0.05, 0.1) is 26.7 Å². The molecule has 9 heteroatoms. The second-order valence-corrected chi connectivity index (χ2v) is 9.81. The summed E-state index contributed by atoms with van der Waals surface area (Å²) < 4.78 is 38.3. The molecule has 1 heterocycles. The first-order valence-electron chi connectivity index (χ1n) is 10.7. The number of ether oxygens (including phenoxy) is 2. The summed E-state index contributed by atoms with van der Waals surface area (Å²) in [6.07, 6.45) is 1.46. The predicted octanol–water partition coefficient (Wildman–Crippen LogP) is 3.68. The Kier molecular flexibility index (Phi) is 8.16. The summed E-state index contributed by atoms with van der Waals surface area (Å²) in [5.41, 5.74) is 3.21. The summed E-state index contributed by atoms with van der Waals surface area (Å²) >= 11 is 6.33. The smallest absolute Gasteiger partial charge is 0.246 e. The van der Waals surface area contributed by atoms with Gasteiger partial charge in [0.2, 0.25) is 15.9 Å². The van der Waals surface area contributed by atoms with Crippen molar-refractivity contribution < 1.29 is 22.7 Å². The summed E-state index contributed by atoms with van der Waals surface area (Å²) in [6.45, 7) is 5.27. The van der Waals surface area contributed by atoms with Crippen LogP contribution in [0, 0.1) is 0 Å². The first kappa shape index (κ1) is 24.5. The number of nitrogens with one attached hydrogen (secondary N) is 1. The fourth-order valence-electron chi connectivity index (χ4n) is 3.79. The Morgan fingerprint density at radius 1 is 1.16 bits per heavy atom. The summed E-state index contributed by atoms with van der Waals surface area (Å²) in [4.78, 5) is 12.9. The number of hydrogen-bond donors (Lipinski definition) is 1. The lowest BCUT2D eigenvalue weighted by atomic mass is 10.0. The van der Waals surface area contributed by atoms with Crippen LogP contribution in [-0.4, -0.2) is 52.0 Å². The minimum absolute atomic E-state index is 0.0223. The molecule has 1 amide bonds. The average Bonchev–Trinajstić information content (AvgIpc) is 2.80. The van der Waals surface area contributed by atoms with Gasteiger partial charge in [0.25, 0.3) is 0 Å². The van der Waals surface area contributed by atoms with Crippen LogP contribution in [0.2, 0.25) is 5.02 Å². The summed E-state index contributed by atoms with van der Waals surface area (Å²) in [5.74, 6) is 0.00795. The maximum absolute atomic E-state index is 13.2. The van der Waals surface area contributed by atoms with Crippen molar-refractivity contribution in [2.45, 2.75) is 38.0 Å². The molecule has 1 aliphatic rings. The van der Waals surface area contributed by atoms with Gasteiger partial charge in [-0.15, -0.1) is 0 Å². The molecule has 0 bridgehead atoms. The SMILES string of the molecule is CCc1ccc(Cl)c(CC)c1NC(=O)Cc1ccc(OC)c(S(=O)(=O)N2CCOCC2)c1. The molecule has 1 saturated heterocycles. The second-order valence-electron chi connectivity index (χ2n) is 7.49. The summed E-state index contributed by atoms with van der Waals surface area (Å²) in [7, 11) is -2.34. The van der Waals surface area contributed by atoms with Gasteiger partial charge in [-0.2, -0.15) is 4.31 Å². The Labute approximate surface area is 194 Å². The molecule has 0 atom stereocenters. The third-order valence-electron chi connectivity index (χ3n) is 5.52. The van der Waals surface area contributed by atoms with Crippen LogP contribution in [0.5, 0.6) is 5.75 Å². The molecule has 1 fully saturated rings. The third-order valence-corrected chi connectivity index (χ3v) is 7.80. The van der Waals surface area contributed by atoms with E-state index in [1.54, 1.807) is 12.1 Å². The minimum atomic E-state index is -3.77. The normalized spacial score (nSPS) is 14.9. The molecule has 0 unspecified atom stereocenters. The van der Waals surface area contributed by atoms with E-state index < -0.39 is 10.0 Å². The van der Waals surface area contributed by atoms with Crippen molar-refractivity contribution in [3.05, 3.63) is 52.0 Å². The number of rotatable bonds is 8. The highest BCUT2D eigenvalue weighted by Crippen LogP contribution is 2.31. The zero-order valence-corrected chi connectivity index (χ0v) is 20.2. The number of morpholine rings is 1. The van der Waals surface area contributed by atoms with Crippen LogP contribution in [0.15, 0.2) is 35.2 Å². The molecule has 32 heavy (non-hydrogen) atoms. The van der Waals surface area contributed by atoms with E-state index in [4.69, 9.17) is 21.1 Å². The van der Waals surface area contributed by atoms with E-state index in [1.165, 1.54) is 17.5 Å². The zero-order valence-electron chi connectivity index (χ0n) is 18.6. The number of carbonyl (C=O) groups is 1. The topological polar surface area (TPSA) is 84.9 Å². The van der Waals surface area contributed by atoms with Gasteiger partial charge in [-0.1, -0.05) is 37.6 Å². The van der Waals surface area contributed by atoms with E-state index in [0.717, 1.165) is 23.2 Å². The molecule has 0 spiro atoms. The molecule has 0 aromatic heterocycles. The number of methoxy groups -OCH3 is 1. The highest BCUT2D eigenvalue weighted by atomic mass is 35.5. The van der Waals surface area contributed by atoms with Gasteiger partial charge >= 0.3 is 0 Å². The van der Waals surface area contributed by atoms with Crippen LogP contribution in [0.3, 0.4) is 0 Å². The standard InChI is InChI=1S/C23H29ClN2O5S/c1-4-17-7-8-19(24)18(5-2)23(17)25-22(27)15-16-6-9-20(30-3)21(14-16)32(28,29)26-10-12-31-13-11-26/h6-9,14H,4-5,10-13,15H2,1-3H3,(H,25,27). The minimum Gasteiger partial charge on any atom is -0.495 e. The lowest BCUT2D eigenvalue weighted by Gasteiger charge is -2.26. The molecule has 1 N–H and O–H groups in total. The number of nitrogens with zero attached hydrogens (tertiary/aromatic N) is 1. The molecule has 1 aliphatic heterocycles. The summed E-state index contributed by atoms with van der Waals surface area (Å²) in [5, 5.41) is 3.60. The third kappa shape index (κ3) is 5.26. The van der Waals surface area contributed by atoms with Crippen molar-refractivity contribution in [3.63, 3.8) is 0 Å². The molecular formula is C23H29ClN2O5S. The van der Waals surface area contributed by atoms with E-state index in [-0.39, 0.29) is 36.1 Å². The quantitative estimate of drug-likeness (QED) is 0.623. The van der Waals surface area contributed by atoms with Crippen molar-refractivity contribution in [2.24, 2.45) is 0 Å². The highest BCUT2D eigenvalue weighted by Gasteiger charge is 2.29. The van der Waals surface area contributed by atoms with Gasteiger partial charge in [0.15, 0.2) is 0 Å². The lowest BCUT2D eigenvalue weighted by Crippen LogP contribution is -2.40. The van der Waals surface area contributed by atoms with Crippen LogP contribution in [-0.2, 0) is 38.8 Å². The number of sulfonamides is 1. The van der Waals surface area contributed by atoms with E-state index in [2.05, 4.69) is 5.32 Å². The Morgan fingerprint density at radius 2 is 1.88 bits per heavy atom. The Hall–Kier alpha value is -2.13. The van der Waals surface area contributed by atoms with Gasteiger partial charge in [-0.25, -0.2) is 8.42 Å². The predicted molar refractivity (Wildman–Crippen MR) is 125 cm³/mol. The number of anilines is 1. The van der Waals surface area contributed by atoms with Gasteiger partial charge in [-0.3, -0.25) is 4.79 Å². The highest BCUT2D eigenvalue weighted by molar-refractivity contribution is 7.89. The van der Waals surface area contributed by atoms with Crippen LogP contribution < -0.4 is 10.1 Å². The Morgan fingerprint density at radius 3 is 2.50 bits per heavy atom. The average molecular weight is 481 g/mol. The molecule has 0 aliphatic carbocycles. The van der Waals surface area contributed by atoms with Crippen LogP contribution in [0.1, 0.15) is 30.5 Å². The number of aryl methyl sites for hydroxylation is 1. The maximum atomic E-state index is 13.2. The number of amides is 1. The lowest BCUT2D eigenvalue weighted by molar-refractivity contribution is -0.115. The fourth-order valence-corrected chi connectivity index (χ4v) is 5.70. The summed E-state index contributed by atoms with van der Waals surface area (Å²) in [6, 6.07) is 8.57. The van der Waals surface area contributed by atoms with Crippen molar-refractivity contribution in [2.75, 3.05) is 38.7 Å². The molecule has 2 aromatic rings. The number of benzene rings is 2. The van der Waals surface area contributed by atoms with Gasteiger partial charge in [0.1, 0.15) is 10.6 Å². The Balaban J connectivity index is 1.87. The van der Waals surface area contributed by atoms with Crippen LogP contribution in [0.25, 0.3) is 0 Å². The van der Waals surface area contributed by atoms with Crippen LogP contribution >= 0.6 is 11.6 Å². The zero-order chi connectivity index (χ0) is 23.3. The largest absolute Gasteiger partial charge is 0.495 e. The van der Waals surface area contributed by atoms with Gasteiger partial charge in [0, 0.05) is 23.8 Å². The number of halogens is 1. The second kappa shape index (κ2) is 10.7. The first-order chi connectivity index (χ1) is 15.3. The molecule has 174 valence electrons. The Bertz CT molecular complexity index is 1080. The fraction of sp³-hybridized carbons (Fsp3) is 0.435.